The quantitative estimate of drug-likeness (QED) is 0.832. The topological polar surface area (TPSA) is 91.6 Å². The van der Waals surface area contributed by atoms with Crippen LogP contribution < -0.4 is 10.7 Å². The molecule has 0 atom stereocenters. The molecule has 2 heterocycles. The number of nitrogens with zero attached hydrogens (tertiary/aromatic N) is 2. The number of halogens is 2. The molecule has 28 heavy (non-hydrogen) atoms. The van der Waals surface area contributed by atoms with E-state index in [2.05, 4.69) is 5.32 Å². The second kappa shape index (κ2) is 7.79. The number of aryl methyl sites for hydroxylation is 1. The van der Waals surface area contributed by atoms with Crippen LogP contribution in [0.2, 0.25) is 0 Å². The Labute approximate surface area is 159 Å². The number of amides is 2. The number of fused-ring (bicyclic) bond motifs is 1. The van der Waals surface area contributed by atoms with Gasteiger partial charge in [-0.15, -0.1) is 0 Å². The summed E-state index contributed by atoms with van der Waals surface area (Å²) in [7, 11) is 1.57. The van der Waals surface area contributed by atoms with Gasteiger partial charge in [0, 0.05) is 44.5 Å². The fourth-order valence-corrected chi connectivity index (χ4v) is 3.06. The van der Waals surface area contributed by atoms with Crippen molar-refractivity contribution >= 4 is 11.8 Å². The smallest absolute Gasteiger partial charge is 0.274 e. The molecule has 0 saturated heterocycles. The fraction of sp³-hybridized carbons (Fsp3) is 0.316. The van der Waals surface area contributed by atoms with Crippen molar-refractivity contribution < 1.29 is 23.5 Å². The van der Waals surface area contributed by atoms with E-state index in [4.69, 9.17) is 0 Å². The molecule has 1 aromatic carbocycles. The van der Waals surface area contributed by atoms with Crippen molar-refractivity contribution in [2.45, 2.75) is 25.9 Å². The Balaban J connectivity index is 1.90. The minimum Gasteiger partial charge on any atom is -0.503 e. The molecular weight excluding hydrogens is 372 g/mol. The second-order valence-corrected chi connectivity index (χ2v) is 6.61. The zero-order valence-electron chi connectivity index (χ0n) is 15.2. The summed E-state index contributed by atoms with van der Waals surface area (Å²) < 4.78 is 28.0. The summed E-state index contributed by atoms with van der Waals surface area (Å²) in [6, 6.07) is 2.93. The molecule has 1 aromatic heterocycles. The SMILES string of the molecule is CN1CCCCn2cc(C(=O)NCc3ccc(F)cc3F)c(=O)c(O)c2C1=O. The third kappa shape index (κ3) is 3.73. The Morgan fingerprint density at radius 3 is 2.64 bits per heavy atom. The maximum absolute atomic E-state index is 13.7. The van der Waals surface area contributed by atoms with Crippen LogP contribution in [-0.4, -0.2) is 40.0 Å². The predicted molar refractivity (Wildman–Crippen MR) is 96.1 cm³/mol. The highest BCUT2D eigenvalue weighted by atomic mass is 19.1. The van der Waals surface area contributed by atoms with Crippen molar-refractivity contribution in [3.63, 3.8) is 0 Å². The van der Waals surface area contributed by atoms with Gasteiger partial charge in [0.1, 0.15) is 17.2 Å². The van der Waals surface area contributed by atoms with Crippen LogP contribution in [0.3, 0.4) is 0 Å². The van der Waals surface area contributed by atoms with Crippen molar-refractivity contribution in [3.05, 3.63) is 63.1 Å². The number of benzene rings is 1. The first-order chi connectivity index (χ1) is 13.3. The number of pyridine rings is 1. The monoisotopic (exact) mass is 391 g/mol. The number of hydrogen-bond donors (Lipinski definition) is 2. The summed E-state index contributed by atoms with van der Waals surface area (Å²) in [5.41, 5.74) is -1.46. The number of aromatic hydroxyl groups is 1. The van der Waals surface area contributed by atoms with Crippen LogP contribution in [0.25, 0.3) is 0 Å². The highest BCUT2D eigenvalue weighted by Crippen LogP contribution is 2.19. The average Bonchev–Trinajstić information content (AvgIpc) is 2.65. The summed E-state index contributed by atoms with van der Waals surface area (Å²) in [4.78, 5) is 38.7. The van der Waals surface area contributed by atoms with Gasteiger partial charge in [-0.2, -0.15) is 0 Å². The van der Waals surface area contributed by atoms with E-state index in [-0.39, 0.29) is 23.4 Å². The molecule has 0 fully saturated rings. The lowest BCUT2D eigenvalue weighted by Gasteiger charge is -2.24. The first kappa shape index (κ1) is 19.5. The molecule has 0 radical (unpaired) electrons. The lowest BCUT2D eigenvalue weighted by Crippen LogP contribution is -2.36. The second-order valence-electron chi connectivity index (χ2n) is 6.61. The Kier molecular flexibility index (Phi) is 5.43. The number of carbonyl (C=O) groups excluding carboxylic acids is 2. The van der Waals surface area contributed by atoms with Gasteiger partial charge in [-0.25, -0.2) is 8.78 Å². The fourth-order valence-electron chi connectivity index (χ4n) is 3.06. The molecular formula is C19H19F2N3O4. The largest absolute Gasteiger partial charge is 0.503 e. The molecule has 0 bridgehead atoms. The van der Waals surface area contributed by atoms with Crippen LogP contribution in [0.5, 0.6) is 5.75 Å². The van der Waals surface area contributed by atoms with E-state index in [1.165, 1.54) is 21.7 Å². The third-order valence-corrected chi connectivity index (χ3v) is 4.65. The van der Waals surface area contributed by atoms with Gasteiger partial charge in [0.15, 0.2) is 11.4 Å². The van der Waals surface area contributed by atoms with E-state index in [1.54, 1.807) is 7.05 Å². The van der Waals surface area contributed by atoms with Gasteiger partial charge in [0.25, 0.3) is 11.8 Å². The molecule has 1 aliphatic heterocycles. The van der Waals surface area contributed by atoms with Crippen molar-refractivity contribution in [1.82, 2.24) is 14.8 Å². The normalized spacial score (nSPS) is 14.2. The van der Waals surface area contributed by atoms with E-state index < -0.39 is 34.6 Å². The lowest BCUT2D eigenvalue weighted by molar-refractivity contribution is 0.0765. The van der Waals surface area contributed by atoms with Crippen LogP contribution in [0.1, 0.15) is 39.3 Å². The van der Waals surface area contributed by atoms with Crippen LogP contribution in [0.15, 0.2) is 29.2 Å². The van der Waals surface area contributed by atoms with E-state index in [0.717, 1.165) is 12.5 Å². The molecule has 2 aromatic rings. The molecule has 1 aliphatic rings. The van der Waals surface area contributed by atoms with Crippen LogP contribution in [0, 0.1) is 11.6 Å². The number of aromatic nitrogens is 1. The number of hydrogen-bond acceptors (Lipinski definition) is 4. The first-order valence-electron chi connectivity index (χ1n) is 8.73. The average molecular weight is 391 g/mol. The lowest BCUT2D eigenvalue weighted by atomic mass is 10.1. The molecule has 0 spiro atoms. The zero-order chi connectivity index (χ0) is 20.4. The van der Waals surface area contributed by atoms with Crippen LogP contribution >= 0.6 is 0 Å². The zero-order valence-corrected chi connectivity index (χ0v) is 15.2. The van der Waals surface area contributed by atoms with Gasteiger partial charge >= 0.3 is 0 Å². The highest BCUT2D eigenvalue weighted by molar-refractivity contribution is 5.98. The summed E-state index contributed by atoms with van der Waals surface area (Å²) >= 11 is 0. The van der Waals surface area contributed by atoms with Gasteiger partial charge in [-0.1, -0.05) is 6.07 Å². The van der Waals surface area contributed by atoms with E-state index in [9.17, 15) is 28.3 Å². The molecule has 9 heteroatoms. The van der Waals surface area contributed by atoms with Gasteiger partial charge in [-0.05, 0) is 18.9 Å². The van der Waals surface area contributed by atoms with E-state index >= 15 is 0 Å². The molecule has 0 unspecified atom stereocenters. The third-order valence-electron chi connectivity index (χ3n) is 4.65. The Morgan fingerprint density at radius 1 is 1.21 bits per heavy atom. The minimum absolute atomic E-state index is 0.0436. The Morgan fingerprint density at radius 2 is 1.93 bits per heavy atom. The van der Waals surface area contributed by atoms with Gasteiger partial charge < -0.3 is 19.9 Å². The summed E-state index contributed by atoms with van der Waals surface area (Å²) in [6.45, 7) is 0.585. The maximum Gasteiger partial charge on any atom is 0.274 e. The van der Waals surface area contributed by atoms with Crippen molar-refractivity contribution in [1.29, 1.82) is 0 Å². The van der Waals surface area contributed by atoms with Crippen molar-refractivity contribution in [2.75, 3.05) is 13.6 Å². The van der Waals surface area contributed by atoms with Crippen LogP contribution in [0.4, 0.5) is 8.78 Å². The molecule has 3 rings (SSSR count). The van der Waals surface area contributed by atoms with Gasteiger partial charge in [0.05, 0.1) is 0 Å². The van der Waals surface area contributed by atoms with Gasteiger partial charge in [0.2, 0.25) is 5.43 Å². The molecule has 0 saturated carbocycles. The first-order valence-corrected chi connectivity index (χ1v) is 8.73. The summed E-state index contributed by atoms with van der Waals surface area (Å²) in [6.07, 6.45) is 2.65. The highest BCUT2D eigenvalue weighted by Gasteiger charge is 2.27. The number of nitrogens with one attached hydrogen (secondary N) is 1. The van der Waals surface area contributed by atoms with Crippen molar-refractivity contribution in [2.24, 2.45) is 0 Å². The Hall–Kier alpha value is -3.23. The molecule has 7 nitrogen and oxygen atoms in total. The van der Waals surface area contributed by atoms with Crippen molar-refractivity contribution in [3.8, 4) is 5.75 Å². The summed E-state index contributed by atoms with van der Waals surface area (Å²) in [5.74, 6) is -3.70. The van der Waals surface area contributed by atoms with E-state index in [0.29, 0.717) is 25.6 Å². The number of carbonyl (C=O) groups is 2. The molecule has 148 valence electrons. The Bertz CT molecular complexity index is 1000. The minimum atomic E-state index is -0.981. The van der Waals surface area contributed by atoms with Crippen LogP contribution in [-0.2, 0) is 13.1 Å². The standard InChI is InChI=1S/C19H19F2N3O4/c1-23-6-2-3-7-24-10-13(16(25)17(26)15(24)19(23)28)18(27)22-9-11-4-5-12(20)8-14(11)21/h4-5,8,10,26H,2-3,6-7,9H2,1H3,(H,22,27). The number of rotatable bonds is 3. The maximum atomic E-state index is 13.7. The molecule has 2 amide bonds. The van der Waals surface area contributed by atoms with Gasteiger partial charge in [-0.3, -0.25) is 14.4 Å². The summed E-state index contributed by atoms with van der Waals surface area (Å²) in [5, 5.41) is 12.7. The van der Waals surface area contributed by atoms with E-state index in [1.807, 2.05) is 0 Å². The predicted octanol–water partition coefficient (Wildman–Crippen LogP) is 1.63. The molecule has 0 aliphatic carbocycles. The molecule has 2 N–H and O–H groups in total.